The molecule has 1 aliphatic rings. The van der Waals surface area contributed by atoms with Crippen molar-refractivity contribution in [3.8, 4) is 5.75 Å². The Balaban J connectivity index is 1.55. The molecule has 1 unspecified atom stereocenters. The largest absolute Gasteiger partial charge is 0.497 e. The second-order valence-electron chi connectivity index (χ2n) is 10.1. The van der Waals surface area contributed by atoms with E-state index in [2.05, 4.69) is 15.5 Å². The summed E-state index contributed by atoms with van der Waals surface area (Å²) in [5.74, 6) is -0.384. The molecular formula is C27H38ClN5O5S. The van der Waals surface area contributed by atoms with E-state index < -0.39 is 15.9 Å². The summed E-state index contributed by atoms with van der Waals surface area (Å²) < 4.78 is 33.1. The van der Waals surface area contributed by atoms with Gasteiger partial charge in [-0.25, -0.2) is 8.42 Å². The zero-order valence-electron chi connectivity index (χ0n) is 23.4. The lowest BCUT2D eigenvalue weighted by molar-refractivity contribution is -0.132. The topological polar surface area (TPSA) is 111 Å². The molecule has 39 heavy (non-hydrogen) atoms. The second kappa shape index (κ2) is 13.0. The molecule has 214 valence electrons. The molecule has 10 nitrogen and oxygen atoms in total. The Bertz CT molecular complexity index is 1320. The maximum atomic E-state index is 13.3. The third kappa shape index (κ3) is 7.63. The lowest BCUT2D eigenvalue weighted by Gasteiger charge is -2.33. The van der Waals surface area contributed by atoms with E-state index >= 15 is 0 Å². The summed E-state index contributed by atoms with van der Waals surface area (Å²) >= 11 is 6.40. The van der Waals surface area contributed by atoms with Crippen LogP contribution in [0, 0.1) is 6.92 Å². The highest BCUT2D eigenvalue weighted by Gasteiger charge is 2.37. The fraction of sp³-hybridized carbons (Fsp3) is 0.481. The molecule has 2 aromatic carbocycles. The van der Waals surface area contributed by atoms with Crippen LogP contribution in [0.3, 0.4) is 0 Å². The van der Waals surface area contributed by atoms with Crippen molar-refractivity contribution in [2.24, 2.45) is 0 Å². The number of rotatable bonds is 11. The number of fused-ring (bicyclic) bond motifs is 1. The molecule has 0 aromatic heterocycles. The zero-order chi connectivity index (χ0) is 28.9. The number of amides is 2. The van der Waals surface area contributed by atoms with Crippen LogP contribution in [0.15, 0.2) is 35.2 Å². The van der Waals surface area contributed by atoms with E-state index in [0.717, 1.165) is 24.3 Å². The Morgan fingerprint density at radius 1 is 1.18 bits per heavy atom. The van der Waals surface area contributed by atoms with E-state index in [1.807, 2.05) is 33.2 Å². The molecule has 3 rings (SSSR count). The summed E-state index contributed by atoms with van der Waals surface area (Å²) in [6.45, 7) is 5.10. The Hall–Kier alpha value is -2.86. The van der Waals surface area contributed by atoms with Crippen molar-refractivity contribution in [3.05, 3.63) is 52.0 Å². The Morgan fingerprint density at radius 2 is 1.90 bits per heavy atom. The van der Waals surface area contributed by atoms with E-state index in [9.17, 15) is 18.0 Å². The van der Waals surface area contributed by atoms with Gasteiger partial charge in [0.15, 0.2) is 0 Å². The van der Waals surface area contributed by atoms with Crippen LogP contribution in [0.2, 0.25) is 5.02 Å². The molecular weight excluding hydrogens is 542 g/mol. The number of ether oxygens (including phenoxy) is 1. The first-order valence-corrected chi connectivity index (χ1v) is 14.5. The van der Waals surface area contributed by atoms with Crippen LogP contribution in [-0.4, -0.2) is 95.3 Å². The molecule has 2 aromatic rings. The first-order valence-electron chi connectivity index (χ1n) is 12.7. The third-order valence-electron chi connectivity index (χ3n) is 6.63. The number of anilines is 1. The highest BCUT2D eigenvalue weighted by molar-refractivity contribution is 7.89. The van der Waals surface area contributed by atoms with Gasteiger partial charge in [-0.2, -0.15) is 4.31 Å². The standard InChI is InChI=1S/C27H38ClN5O5S/c1-18-11-21(38-6)13-22-19(2)15-33(39(36,37)27(18)22)17-25(34)30-14-26(35)32(5)16-20-7-8-24(23(28)12-20)29-9-10-31(3)4/h7-8,11-13,19,29H,9-10,14-17H2,1-6H3,(H,30,34). The monoisotopic (exact) mass is 579 g/mol. The van der Waals surface area contributed by atoms with E-state index in [4.69, 9.17) is 16.3 Å². The van der Waals surface area contributed by atoms with Crippen LogP contribution in [0.4, 0.5) is 5.69 Å². The highest BCUT2D eigenvalue weighted by Crippen LogP contribution is 2.38. The van der Waals surface area contributed by atoms with E-state index in [0.29, 0.717) is 28.4 Å². The minimum absolute atomic E-state index is 0.126. The number of aryl methyl sites for hydroxylation is 1. The number of benzene rings is 2. The molecule has 12 heteroatoms. The number of nitrogens with one attached hydrogen (secondary N) is 2. The number of hydrogen-bond donors (Lipinski definition) is 2. The van der Waals surface area contributed by atoms with Gasteiger partial charge in [0.2, 0.25) is 21.8 Å². The molecule has 0 saturated heterocycles. The first kappa shape index (κ1) is 30.7. The fourth-order valence-corrected chi connectivity index (χ4v) is 6.74. The van der Waals surface area contributed by atoms with E-state index in [-0.39, 0.29) is 36.4 Å². The average Bonchev–Trinajstić information content (AvgIpc) is 2.86. The van der Waals surface area contributed by atoms with Gasteiger partial charge in [-0.15, -0.1) is 0 Å². The normalized spacial score (nSPS) is 16.5. The van der Waals surface area contributed by atoms with Crippen LogP contribution in [0.1, 0.15) is 29.5 Å². The molecule has 2 amide bonds. The summed E-state index contributed by atoms with van der Waals surface area (Å²) in [5.41, 5.74) is 2.91. The molecule has 2 N–H and O–H groups in total. The molecule has 1 heterocycles. The number of sulfonamides is 1. The van der Waals surface area contributed by atoms with Gasteiger partial charge in [0.05, 0.1) is 35.8 Å². The number of likely N-dealkylation sites (N-methyl/N-ethyl adjacent to an activating group) is 2. The van der Waals surface area contributed by atoms with Crippen LogP contribution in [0.5, 0.6) is 5.75 Å². The van der Waals surface area contributed by atoms with Gasteiger partial charge in [-0.1, -0.05) is 24.6 Å². The third-order valence-corrected chi connectivity index (χ3v) is 8.97. The molecule has 0 radical (unpaired) electrons. The maximum Gasteiger partial charge on any atom is 0.244 e. The fourth-order valence-electron chi connectivity index (χ4n) is 4.49. The van der Waals surface area contributed by atoms with E-state index in [1.54, 1.807) is 32.2 Å². The molecule has 0 fully saturated rings. The smallest absolute Gasteiger partial charge is 0.244 e. The van der Waals surface area contributed by atoms with Crippen molar-refractivity contribution < 1.29 is 22.7 Å². The minimum atomic E-state index is -3.88. The van der Waals surface area contributed by atoms with Crippen LogP contribution >= 0.6 is 11.6 Å². The molecule has 0 bridgehead atoms. The number of carbonyl (C=O) groups excluding carboxylic acids is 2. The van der Waals surface area contributed by atoms with Gasteiger partial charge < -0.3 is 25.2 Å². The van der Waals surface area contributed by atoms with Gasteiger partial charge in [-0.05, 0) is 67.9 Å². The number of hydrogen-bond acceptors (Lipinski definition) is 7. The van der Waals surface area contributed by atoms with Gasteiger partial charge in [-0.3, -0.25) is 9.59 Å². The number of halogens is 1. The summed E-state index contributed by atoms with van der Waals surface area (Å²) in [6.07, 6.45) is 0. The molecule has 1 atom stereocenters. The SMILES string of the molecule is COc1cc(C)c2c(c1)C(C)CN(CC(=O)NCC(=O)N(C)Cc1ccc(NCCN(C)C)c(Cl)c1)S2(=O)=O. The van der Waals surface area contributed by atoms with Crippen LogP contribution in [-0.2, 0) is 26.2 Å². The second-order valence-corrected chi connectivity index (χ2v) is 12.4. The lowest BCUT2D eigenvalue weighted by atomic mass is 9.98. The van der Waals surface area contributed by atoms with Crippen molar-refractivity contribution in [1.29, 1.82) is 0 Å². The van der Waals surface area contributed by atoms with Crippen LogP contribution < -0.4 is 15.4 Å². The number of nitrogens with zero attached hydrogens (tertiary/aromatic N) is 3. The molecule has 1 aliphatic heterocycles. The average molecular weight is 580 g/mol. The van der Waals surface area contributed by atoms with Gasteiger partial charge >= 0.3 is 0 Å². The van der Waals surface area contributed by atoms with Gasteiger partial charge in [0, 0.05) is 33.2 Å². The molecule has 0 saturated carbocycles. The predicted molar refractivity (Wildman–Crippen MR) is 153 cm³/mol. The Morgan fingerprint density at radius 3 is 2.54 bits per heavy atom. The van der Waals surface area contributed by atoms with Gasteiger partial charge in [0.25, 0.3) is 0 Å². The quantitative estimate of drug-likeness (QED) is 0.421. The first-order chi connectivity index (χ1) is 18.3. The lowest BCUT2D eigenvalue weighted by Crippen LogP contribution is -2.47. The zero-order valence-corrected chi connectivity index (χ0v) is 24.9. The maximum absolute atomic E-state index is 13.3. The van der Waals surface area contributed by atoms with Crippen molar-refractivity contribution >= 4 is 39.1 Å². The summed E-state index contributed by atoms with van der Waals surface area (Å²) in [5, 5.41) is 6.41. The highest BCUT2D eigenvalue weighted by atomic mass is 35.5. The number of methoxy groups -OCH3 is 1. The van der Waals surface area contributed by atoms with E-state index in [1.165, 1.54) is 16.3 Å². The van der Waals surface area contributed by atoms with Crippen molar-refractivity contribution in [2.45, 2.75) is 31.2 Å². The molecule has 0 spiro atoms. The Kier molecular flexibility index (Phi) is 10.2. The van der Waals surface area contributed by atoms with Crippen molar-refractivity contribution in [3.63, 3.8) is 0 Å². The van der Waals surface area contributed by atoms with Gasteiger partial charge in [0.1, 0.15) is 5.75 Å². The summed E-state index contributed by atoms with van der Waals surface area (Å²) in [7, 11) is 3.28. The predicted octanol–water partition coefficient (Wildman–Crippen LogP) is 2.51. The summed E-state index contributed by atoms with van der Waals surface area (Å²) in [4.78, 5) is 29.1. The van der Waals surface area contributed by atoms with Crippen molar-refractivity contribution in [1.82, 2.24) is 19.4 Å². The Labute approximate surface area is 236 Å². The minimum Gasteiger partial charge on any atom is -0.497 e. The van der Waals surface area contributed by atoms with Crippen LogP contribution in [0.25, 0.3) is 0 Å². The van der Waals surface area contributed by atoms with Crippen molar-refractivity contribution in [2.75, 3.05) is 66.3 Å². The summed E-state index contributed by atoms with van der Waals surface area (Å²) in [6, 6.07) is 8.98. The molecule has 0 aliphatic carbocycles. The number of carbonyl (C=O) groups is 2.